The minimum absolute atomic E-state index is 0.405. The molecule has 4 aromatic rings. The first-order valence-corrected chi connectivity index (χ1v) is 11.7. The van der Waals surface area contributed by atoms with Gasteiger partial charge in [-0.2, -0.15) is 0 Å². The van der Waals surface area contributed by atoms with Crippen molar-refractivity contribution in [2.24, 2.45) is 0 Å². The zero-order valence-corrected chi connectivity index (χ0v) is 17.5. The number of hydrogen-bond acceptors (Lipinski definition) is 1. The Morgan fingerprint density at radius 2 is 1.07 bits per heavy atom. The van der Waals surface area contributed by atoms with E-state index in [1.165, 1.54) is 11.1 Å². The van der Waals surface area contributed by atoms with Crippen molar-refractivity contribution in [1.29, 1.82) is 0 Å². The Kier molecular flexibility index (Phi) is 6.23. The standard InChI is InChI=1S/C28H23OS/c29-30(28-14-8-3-9-15-28,21-20-24-10-4-1-5-11-24)23-27-18-16-26(17-19-27)22-25-12-6-2-7-13-25/h1-19H,22-23H2/q+1. The van der Waals surface area contributed by atoms with Gasteiger partial charge in [0.25, 0.3) is 0 Å². The van der Waals surface area contributed by atoms with Gasteiger partial charge in [0.05, 0.1) is 0 Å². The zero-order chi connectivity index (χ0) is 20.7. The van der Waals surface area contributed by atoms with Crippen molar-refractivity contribution in [3.63, 3.8) is 0 Å². The maximum absolute atomic E-state index is 13.9. The van der Waals surface area contributed by atoms with Crippen LogP contribution in [0.15, 0.2) is 120 Å². The van der Waals surface area contributed by atoms with Gasteiger partial charge in [-0.1, -0.05) is 95.2 Å². The fourth-order valence-electron chi connectivity index (χ4n) is 3.30. The molecule has 4 rings (SSSR count). The lowest BCUT2D eigenvalue weighted by Gasteiger charge is -2.07. The Balaban J connectivity index is 1.59. The van der Waals surface area contributed by atoms with E-state index in [0.717, 1.165) is 22.4 Å². The molecule has 2 heteroatoms. The zero-order valence-electron chi connectivity index (χ0n) is 16.7. The summed E-state index contributed by atoms with van der Waals surface area (Å²) >= 11 is 0. The van der Waals surface area contributed by atoms with Gasteiger partial charge in [0.1, 0.15) is 0 Å². The minimum atomic E-state index is -2.55. The molecule has 0 N–H and O–H groups in total. The van der Waals surface area contributed by atoms with Crippen molar-refractivity contribution < 1.29 is 4.21 Å². The molecule has 1 unspecified atom stereocenters. The summed E-state index contributed by atoms with van der Waals surface area (Å²) in [6.45, 7) is 0. The highest BCUT2D eigenvalue weighted by Crippen LogP contribution is 2.24. The van der Waals surface area contributed by atoms with Crippen LogP contribution in [-0.4, -0.2) is 0 Å². The van der Waals surface area contributed by atoms with Crippen LogP contribution in [0.25, 0.3) is 0 Å². The molecule has 0 spiro atoms. The maximum atomic E-state index is 13.9. The van der Waals surface area contributed by atoms with Gasteiger partial charge in [0.2, 0.25) is 0 Å². The van der Waals surface area contributed by atoms with Crippen LogP contribution in [-0.2, 0) is 26.3 Å². The largest absolute Gasteiger partial charge is 0.197 e. The number of hydrogen-bond donors (Lipinski definition) is 0. The highest BCUT2D eigenvalue weighted by molar-refractivity contribution is 8.06. The minimum Gasteiger partial charge on any atom is -0.0836 e. The van der Waals surface area contributed by atoms with Gasteiger partial charge in [-0.05, 0) is 47.7 Å². The lowest BCUT2D eigenvalue weighted by atomic mass is 10.0. The number of benzene rings is 4. The highest BCUT2D eigenvalue weighted by Gasteiger charge is 2.30. The van der Waals surface area contributed by atoms with E-state index in [1.807, 2.05) is 66.7 Å². The first-order valence-electron chi connectivity index (χ1n) is 9.98. The smallest absolute Gasteiger partial charge is 0.0836 e. The van der Waals surface area contributed by atoms with Crippen molar-refractivity contribution in [2.45, 2.75) is 17.1 Å². The third-order valence-electron chi connectivity index (χ3n) is 4.90. The van der Waals surface area contributed by atoms with Gasteiger partial charge in [0.15, 0.2) is 25.8 Å². The molecule has 0 saturated heterocycles. The van der Waals surface area contributed by atoms with Crippen LogP contribution in [0.1, 0.15) is 22.3 Å². The second-order valence-electron chi connectivity index (χ2n) is 7.20. The fraction of sp³-hybridized carbons (Fsp3) is 0.0714. The molecule has 0 radical (unpaired) electrons. The summed E-state index contributed by atoms with van der Waals surface area (Å²) < 4.78 is 13.9. The van der Waals surface area contributed by atoms with Crippen molar-refractivity contribution in [3.05, 3.63) is 138 Å². The molecule has 30 heavy (non-hydrogen) atoms. The van der Waals surface area contributed by atoms with Crippen molar-refractivity contribution >= 4 is 9.93 Å². The molecule has 146 valence electrons. The molecule has 0 saturated carbocycles. The van der Waals surface area contributed by atoms with E-state index >= 15 is 0 Å². The monoisotopic (exact) mass is 407 g/mol. The van der Waals surface area contributed by atoms with Crippen LogP contribution in [0.3, 0.4) is 0 Å². The van der Waals surface area contributed by atoms with Gasteiger partial charge in [0, 0.05) is 11.1 Å². The van der Waals surface area contributed by atoms with Gasteiger partial charge >= 0.3 is 0 Å². The van der Waals surface area contributed by atoms with E-state index < -0.39 is 9.93 Å². The molecular formula is C28H23OS+. The van der Waals surface area contributed by atoms with Crippen LogP contribution in [0.2, 0.25) is 0 Å². The Labute approximate surface area is 179 Å². The van der Waals surface area contributed by atoms with Crippen LogP contribution in [0.4, 0.5) is 0 Å². The summed E-state index contributed by atoms with van der Waals surface area (Å²) in [4.78, 5) is 0.779. The van der Waals surface area contributed by atoms with Crippen LogP contribution in [0, 0.1) is 11.2 Å². The Bertz CT molecular complexity index is 1190. The fourth-order valence-corrected chi connectivity index (χ4v) is 5.20. The van der Waals surface area contributed by atoms with E-state index in [9.17, 15) is 4.21 Å². The molecule has 0 aliphatic carbocycles. The topological polar surface area (TPSA) is 17.1 Å². The Hall–Kier alpha value is -3.41. The SMILES string of the molecule is O=[S+](C#Cc1ccccc1)(Cc1ccc(Cc2ccccc2)cc1)c1ccccc1. The average molecular weight is 408 g/mol. The molecule has 1 atom stereocenters. The Morgan fingerprint density at radius 3 is 1.70 bits per heavy atom. The average Bonchev–Trinajstić information content (AvgIpc) is 2.81. The van der Waals surface area contributed by atoms with Crippen molar-refractivity contribution in [2.75, 3.05) is 0 Å². The third kappa shape index (κ3) is 5.14. The lowest BCUT2D eigenvalue weighted by Crippen LogP contribution is -2.12. The summed E-state index contributed by atoms with van der Waals surface area (Å²) in [5, 5.41) is 3.11. The summed E-state index contributed by atoms with van der Waals surface area (Å²) in [5.41, 5.74) is 4.43. The van der Waals surface area contributed by atoms with E-state index in [-0.39, 0.29) is 0 Å². The van der Waals surface area contributed by atoms with Gasteiger partial charge < -0.3 is 0 Å². The molecule has 0 amide bonds. The molecule has 0 bridgehead atoms. The van der Waals surface area contributed by atoms with E-state index in [4.69, 9.17) is 0 Å². The first kappa shape index (κ1) is 19.9. The molecule has 4 aromatic carbocycles. The van der Waals surface area contributed by atoms with E-state index in [0.29, 0.717) is 5.75 Å². The second kappa shape index (κ2) is 9.39. The summed E-state index contributed by atoms with van der Waals surface area (Å²) in [6, 6.07) is 38.1. The van der Waals surface area contributed by atoms with Crippen LogP contribution in [0.5, 0.6) is 0 Å². The molecule has 0 aliphatic heterocycles. The maximum Gasteiger partial charge on any atom is 0.197 e. The predicted octanol–water partition coefficient (Wildman–Crippen LogP) is 6.35. The molecular weight excluding hydrogens is 384 g/mol. The summed E-state index contributed by atoms with van der Waals surface area (Å²) in [6.07, 6.45) is 0.892. The molecule has 0 fully saturated rings. The van der Waals surface area contributed by atoms with E-state index in [2.05, 4.69) is 59.7 Å². The van der Waals surface area contributed by atoms with Crippen molar-refractivity contribution in [3.8, 4) is 11.2 Å². The van der Waals surface area contributed by atoms with Gasteiger partial charge in [-0.25, -0.2) is 0 Å². The number of rotatable bonds is 5. The lowest BCUT2D eigenvalue weighted by molar-refractivity contribution is 0.590. The normalized spacial score (nSPS) is 12.4. The second-order valence-corrected chi connectivity index (χ2v) is 9.52. The van der Waals surface area contributed by atoms with Crippen molar-refractivity contribution in [1.82, 2.24) is 0 Å². The first-order chi connectivity index (χ1) is 14.7. The summed E-state index contributed by atoms with van der Waals surface area (Å²) in [7, 11) is -2.55. The van der Waals surface area contributed by atoms with Gasteiger partial charge in [-0.15, -0.1) is 0 Å². The third-order valence-corrected chi connectivity index (χ3v) is 7.11. The Morgan fingerprint density at radius 1 is 0.567 bits per heavy atom. The van der Waals surface area contributed by atoms with Gasteiger partial charge in [-0.3, -0.25) is 0 Å². The van der Waals surface area contributed by atoms with E-state index in [1.54, 1.807) is 0 Å². The quantitative estimate of drug-likeness (QED) is 0.278. The molecule has 1 nitrogen and oxygen atoms in total. The van der Waals surface area contributed by atoms with Crippen LogP contribution < -0.4 is 0 Å². The molecule has 0 aromatic heterocycles. The highest BCUT2D eigenvalue weighted by atomic mass is 32.2. The molecule has 0 heterocycles. The van der Waals surface area contributed by atoms with Crippen LogP contribution >= 0.6 is 0 Å². The summed E-state index contributed by atoms with van der Waals surface area (Å²) in [5.74, 6) is 3.53. The molecule has 0 aliphatic rings. The predicted molar refractivity (Wildman–Crippen MR) is 125 cm³/mol.